The number of anilines is 2. The van der Waals surface area contributed by atoms with Crippen molar-refractivity contribution in [1.29, 1.82) is 0 Å². The highest BCUT2D eigenvalue weighted by Crippen LogP contribution is 2.22. The van der Waals surface area contributed by atoms with E-state index < -0.39 is 0 Å². The Morgan fingerprint density at radius 1 is 1.16 bits per heavy atom. The van der Waals surface area contributed by atoms with Crippen molar-refractivity contribution in [2.24, 2.45) is 7.05 Å². The molecule has 5 rings (SSSR count). The van der Waals surface area contributed by atoms with E-state index in [9.17, 15) is 4.79 Å². The molecule has 0 radical (unpaired) electrons. The molecule has 9 nitrogen and oxygen atoms in total. The lowest BCUT2D eigenvalue weighted by Crippen LogP contribution is -2.38. The number of hydrogen-bond acceptors (Lipinski definition) is 7. The summed E-state index contributed by atoms with van der Waals surface area (Å²) in [6, 6.07) is 9.77. The van der Waals surface area contributed by atoms with Crippen LogP contribution in [0.4, 0.5) is 11.6 Å². The number of carbonyl (C=O) groups is 1. The SMILES string of the molecule is Cn1cc(-c2ccnc(N3CCC(NC(=O)c4cccc(N5CCOCC5)c4)C3)n2)cn1. The summed E-state index contributed by atoms with van der Waals surface area (Å²) in [4.78, 5) is 26.4. The molecule has 1 atom stereocenters. The zero-order chi connectivity index (χ0) is 21.9. The first-order valence-electron chi connectivity index (χ1n) is 11.0. The molecule has 1 unspecified atom stereocenters. The largest absolute Gasteiger partial charge is 0.378 e. The molecule has 9 heteroatoms. The smallest absolute Gasteiger partial charge is 0.251 e. The van der Waals surface area contributed by atoms with Gasteiger partial charge in [-0.2, -0.15) is 5.10 Å². The van der Waals surface area contributed by atoms with Crippen LogP contribution in [0.15, 0.2) is 48.9 Å². The number of amides is 1. The molecule has 2 aliphatic heterocycles. The van der Waals surface area contributed by atoms with E-state index in [1.54, 1.807) is 17.1 Å². The fourth-order valence-corrected chi connectivity index (χ4v) is 4.21. The maximum atomic E-state index is 12.9. The molecule has 0 bridgehead atoms. The molecule has 2 fully saturated rings. The van der Waals surface area contributed by atoms with E-state index >= 15 is 0 Å². The van der Waals surface area contributed by atoms with Crippen LogP contribution in [0.5, 0.6) is 0 Å². The number of aryl methyl sites for hydroxylation is 1. The minimum atomic E-state index is -0.0445. The minimum Gasteiger partial charge on any atom is -0.378 e. The number of aromatic nitrogens is 4. The van der Waals surface area contributed by atoms with Gasteiger partial charge in [0.2, 0.25) is 5.95 Å². The number of rotatable bonds is 5. The molecule has 4 heterocycles. The van der Waals surface area contributed by atoms with Crippen LogP contribution in [0.3, 0.4) is 0 Å². The average Bonchev–Trinajstić information content (AvgIpc) is 3.49. The molecule has 1 aromatic carbocycles. The molecule has 32 heavy (non-hydrogen) atoms. The van der Waals surface area contributed by atoms with Crippen LogP contribution in [0.1, 0.15) is 16.8 Å². The Labute approximate surface area is 187 Å². The second-order valence-corrected chi connectivity index (χ2v) is 8.20. The Morgan fingerprint density at radius 3 is 2.84 bits per heavy atom. The Balaban J connectivity index is 1.22. The molecule has 1 N–H and O–H groups in total. The van der Waals surface area contributed by atoms with Crippen molar-refractivity contribution in [2.45, 2.75) is 12.5 Å². The summed E-state index contributed by atoms with van der Waals surface area (Å²) < 4.78 is 7.18. The molecule has 2 aromatic heterocycles. The van der Waals surface area contributed by atoms with E-state index in [1.165, 1.54) is 0 Å². The lowest BCUT2D eigenvalue weighted by Gasteiger charge is -2.29. The van der Waals surface area contributed by atoms with Gasteiger partial charge in [-0.15, -0.1) is 0 Å². The van der Waals surface area contributed by atoms with Crippen LogP contribution in [-0.4, -0.2) is 71.1 Å². The van der Waals surface area contributed by atoms with E-state index in [0.29, 0.717) is 18.1 Å². The number of morpholine rings is 1. The summed E-state index contributed by atoms with van der Waals surface area (Å²) in [5.74, 6) is 0.634. The van der Waals surface area contributed by atoms with E-state index in [1.807, 2.05) is 43.6 Å². The van der Waals surface area contributed by atoms with Crippen molar-refractivity contribution in [1.82, 2.24) is 25.1 Å². The lowest BCUT2D eigenvalue weighted by atomic mass is 10.1. The summed E-state index contributed by atoms with van der Waals surface area (Å²) in [7, 11) is 1.88. The number of nitrogens with one attached hydrogen (secondary N) is 1. The molecule has 3 aromatic rings. The maximum absolute atomic E-state index is 12.9. The normalized spacial score (nSPS) is 18.7. The number of carbonyl (C=O) groups excluding carboxylic acids is 1. The van der Waals surface area contributed by atoms with E-state index in [2.05, 4.69) is 25.2 Å². The predicted molar refractivity (Wildman–Crippen MR) is 122 cm³/mol. The zero-order valence-corrected chi connectivity index (χ0v) is 18.1. The molecule has 0 spiro atoms. The summed E-state index contributed by atoms with van der Waals surface area (Å²) in [6.45, 7) is 4.62. The molecule has 166 valence electrons. The van der Waals surface area contributed by atoms with Gasteiger partial charge in [-0.05, 0) is 30.7 Å². The van der Waals surface area contributed by atoms with E-state index in [0.717, 1.165) is 56.2 Å². The number of hydrogen-bond donors (Lipinski definition) is 1. The fourth-order valence-electron chi connectivity index (χ4n) is 4.21. The molecule has 1 amide bonds. The van der Waals surface area contributed by atoms with Crippen molar-refractivity contribution in [3.05, 3.63) is 54.5 Å². The summed E-state index contributed by atoms with van der Waals surface area (Å²) in [5.41, 5.74) is 3.55. The minimum absolute atomic E-state index is 0.0445. The molecule has 2 aliphatic rings. The van der Waals surface area contributed by atoms with Crippen molar-refractivity contribution >= 4 is 17.5 Å². The summed E-state index contributed by atoms with van der Waals surface area (Å²) in [5, 5.41) is 7.40. The van der Waals surface area contributed by atoms with Crippen LogP contribution in [-0.2, 0) is 11.8 Å². The van der Waals surface area contributed by atoms with Gasteiger partial charge in [0.25, 0.3) is 5.91 Å². The zero-order valence-electron chi connectivity index (χ0n) is 18.1. The van der Waals surface area contributed by atoms with E-state index in [-0.39, 0.29) is 11.9 Å². The van der Waals surface area contributed by atoms with E-state index in [4.69, 9.17) is 9.72 Å². The quantitative estimate of drug-likeness (QED) is 0.655. The second-order valence-electron chi connectivity index (χ2n) is 8.20. The highest BCUT2D eigenvalue weighted by atomic mass is 16.5. The third-order valence-electron chi connectivity index (χ3n) is 5.93. The molecular weight excluding hydrogens is 406 g/mol. The lowest BCUT2D eigenvalue weighted by molar-refractivity contribution is 0.0940. The van der Waals surface area contributed by atoms with Crippen LogP contribution < -0.4 is 15.1 Å². The van der Waals surface area contributed by atoms with Crippen molar-refractivity contribution in [3.8, 4) is 11.3 Å². The topological polar surface area (TPSA) is 88.4 Å². The van der Waals surface area contributed by atoms with Crippen LogP contribution in [0.25, 0.3) is 11.3 Å². The Kier molecular flexibility index (Phi) is 5.72. The molecule has 0 aliphatic carbocycles. The van der Waals surface area contributed by atoms with Gasteiger partial charge in [-0.25, -0.2) is 9.97 Å². The van der Waals surface area contributed by atoms with Gasteiger partial charge in [0, 0.05) is 68.5 Å². The van der Waals surface area contributed by atoms with Crippen LogP contribution in [0, 0.1) is 0 Å². The number of nitrogens with zero attached hydrogens (tertiary/aromatic N) is 6. The van der Waals surface area contributed by atoms with Crippen LogP contribution >= 0.6 is 0 Å². The molecule has 0 saturated carbocycles. The number of ether oxygens (including phenoxy) is 1. The summed E-state index contributed by atoms with van der Waals surface area (Å²) in [6.07, 6.45) is 6.36. The fraction of sp³-hybridized carbons (Fsp3) is 0.391. The first-order valence-corrected chi connectivity index (χ1v) is 11.0. The first-order chi connectivity index (χ1) is 15.7. The van der Waals surface area contributed by atoms with Gasteiger partial charge in [-0.3, -0.25) is 9.48 Å². The van der Waals surface area contributed by atoms with Crippen molar-refractivity contribution < 1.29 is 9.53 Å². The monoisotopic (exact) mass is 433 g/mol. The van der Waals surface area contributed by atoms with Gasteiger partial charge in [0.15, 0.2) is 0 Å². The Hall–Kier alpha value is -3.46. The maximum Gasteiger partial charge on any atom is 0.251 e. The predicted octanol–water partition coefficient (Wildman–Crippen LogP) is 1.72. The van der Waals surface area contributed by atoms with Gasteiger partial charge in [0.1, 0.15) is 0 Å². The Morgan fingerprint density at radius 2 is 2.03 bits per heavy atom. The van der Waals surface area contributed by atoms with Crippen LogP contribution in [0.2, 0.25) is 0 Å². The van der Waals surface area contributed by atoms with Gasteiger partial charge in [-0.1, -0.05) is 6.07 Å². The van der Waals surface area contributed by atoms with Crippen molar-refractivity contribution in [3.63, 3.8) is 0 Å². The number of benzene rings is 1. The third-order valence-corrected chi connectivity index (χ3v) is 5.93. The standard InChI is InChI=1S/C23H27N7O2/c1-28-15-18(14-25-28)21-5-7-24-23(27-21)30-8-6-19(16-30)26-22(31)17-3-2-4-20(13-17)29-9-11-32-12-10-29/h2-5,7,13-15,19H,6,8-12,16H2,1H3,(H,26,31). The first kappa shape index (κ1) is 20.4. The summed E-state index contributed by atoms with van der Waals surface area (Å²) >= 11 is 0. The van der Waals surface area contributed by atoms with Crippen molar-refractivity contribution in [2.75, 3.05) is 49.2 Å². The highest BCUT2D eigenvalue weighted by molar-refractivity contribution is 5.95. The Bertz CT molecular complexity index is 1090. The third kappa shape index (κ3) is 4.43. The highest BCUT2D eigenvalue weighted by Gasteiger charge is 2.26. The van der Waals surface area contributed by atoms with Gasteiger partial charge < -0.3 is 19.9 Å². The average molecular weight is 434 g/mol. The molecule has 2 saturated heterocycles. The second kappa shape index (κ2) is 8.96. The van der Waals surface area contributed by atoms with Gasteiger partial charge in [0.05, 0.1) is 25.1 Å². The molecular formula is C23H27N7O2. The van der Waals surface area contributed by atoms with Gasteiger partial charge >= 0.3 is 0 Å².